The van der Waals surface area contributed by atoms with Gasteiger partial charge >= 0.3 is 0 Å². The lowest BCUT2D eigenvalue weighted by molar-refractivity contribution is 0.252. The molecule has 1 aromatic carbocycles. The van der Waals surface area contributed by atoms with Gasteiger partial charge in [0.05, 0.1) is 4.34 Å². The summed E-state index contributed by atoms with van der Waals surface area (Å²) < 4.78 is 25.7. The van der Waals surface area contributed by atoms with E-state index in [1.807, 2.05) is 24.4 Å². The van der Waals surface area contributed by atoms with Crippen LogP contribution >= 0.6 is 34.7 Å². The molecule has 6 heteroatoms. The van der Waals surface area contributed by atoms with E-state index in [1.54, 1.807) is 18.2 Å². The monoisotopic (exact) mass is 319 g/mol. The summed E-state index contributed by atoms with van der Waals surface area (Å²) in [6.45, 7) is 1.97. The second-order valence-corrected chi connectivity index (χ2v) is 6.50. The molecule has 0 radical (unpaired) electrons. The smallest absolute Gasteiger partial charge is 0.288 e. The minimum absolute atomic E-state index is 0.0168. The molecule has 19 heavy (non-hydrogen) atoms. The molecule has 0 aliphatic heterocycles. The Labute approximate surface area is 124 Å². The molecule has 1 unspecified atom stereocenters. The van der Waals surface area contributed by atoms with E-state index < -0.39 is 5.76 Å². The van der Waals surface area contributed by atoms with E-state index in [0.29, 0.717) is 22.3 Å². The van der Waals surface area contributed by atoms with Crippen LogP contribution in [0, 0.1) is 0 Å². The molecule has 2 aromatic rings. The summed E-state index contributed by atoms with van der Waals surface area (Å²) in [6.07, 6.45) is 0. The number of nitrogens with one attached hydrogen (secondary N) is 1. The van der Waals surface area contributed by atoms with Gasteiger partial charge in [-0.15, -0.1) is 11.3 Å². The highest BCUT2D eigenvalue weighted by Gasteiger charge is 2.13. The molecular formula is C13H12ClF2NS2. The molecule has 1 heterocycles. The quantitative estimate of drug-likeness (QED) is 0.690. The Morgan fingerprint density at radius 2 is 2.05 bits per heavy atom. The summed E-state index contributed by atoms with van der Waals surface area (Å²) >= 11 is 7.90. The maximum atomic E-state index is 12.5. The van der Waals surface area contributed by atoms with E-state index in [-0.39, 0.29) is 6.04 Å². The molecule has 0 aliphatic rings. The standard InChI is InChI=1S/C13H12ClF2NS2/c1-8(9-6-12(14)18-7-9)17-10-4-2-3-5-11(10)19-13(15)16/h2-8,13,17H,1H3. The fourth-order valence-corrected chi connectivity index (χ4v) is 3.24. The largest absolute Gasteiger partial charge is 0.378 e. The zero-order valence-corrected chi connectivity index (χ0v) is 12.5. The maximum absolute atomic E-state index is 12.5. The van der Waals surface area contributed by atoms with Crippen molar-refractivity contribution in [3.05, 3.63) is 45.6 Å². The molecule has 102 valence electrons. The van der Waals surface area contributed by atoms with Gasteiger partial charge in [-0.25, -0.2) is 0 Å². The molecule has 2 rings (SSSR count). The van der Waals surface area contributed by atoms with Crippen LogP contribution in [-0.2, 0) is 0 Å². The molecule has 0 bridgehead atoms. The highest BCUT2D eigenvalue weighted by Crippen LogP contribution is 2.34. The predicted molar refractivity (Wildman–Crippen MR) is 79.7 cm³/mol. The molecule has 0 fully saturated rings. The topological polar surface area (TPSA) is 12.0 Å². The Balaban J connectivity index is 2.14. The third-order valence-electron chi connectivity index (χ3n) is 2.56. The first-order valence-corrected chi connectivity index (χ1v) is 7.74. The first-order chi connectivity index (χ1) is 9.06. The number of rotatable bonds is 5. The molecule has 0 saturated carbocycles. The van der Waals surface area contributed by atoms with Crippen molar-refractivity contribution in [1.82, 2.24) is 0 Å². The SMILES string of the molecule is CC(Nc1ccccc1SC(F)F)c1csc(Cl)c1. The van der Waals surface area contributed by atoms with Crippen LogP contribution in [0.15, 0.2) is 40.6 Å². The number of halogens is 3. The molecular weight excluding hydrogens is 308 g/mol. The third kappa shape index (κ3) is 4.09. The van der Waals surface area contributed by atoms with Crippen molar-refractivity contribution < 1.29 is 8.78 Å². The number of thioether (sulfide) groups is 1. The van der Waals surface area contributed by atoms with Crippen LogP contribution < -0.4 is 5.32 Å². The van der Waals surface area contributed by atoms with Crippen molar-refractivity contribution in [2.75, 3.05) is 5.32 Å². The Morgan fingerprint density at radius 1 is 1.32 bits per heavy atom. The van der Waals surface area contributed by atoms with Crippen molar-refractivity contribution in [2.45, 2.75) is 23.6 Å². The molecule has 0 amide bonds. The number of thiophene rings is 1. The molecule has 0 aliphatic carbocycles. The van der Waals surface area contributed by atoms with E-state index in [0.717, 1.165) is 9.90 Å². The molecule has 1 N–H and O–H groups in total. The molecule has 1 nitrogen and oxygen atoms in total. The minimum Gasteiger partial charge on any atom is -0.378 e. The van der Waals surface area contributed by atoms with Crippen molar-refractivity contribution in [1.29, 1.82) is 0 Å². The van der Waals surface area contributed by atoms with Gasteiger partial charge in [0.1, 0.15) is 0 Å². The first-order valence-electron chi connectivity index (χ1n) is 5.60. The number of hydrogen-bond donors (Lipinski definition) is 1. The minimum atomic E-state index is -2.42. The Bertz CT molecular complexity index is 545. The zero-order valence-electron chi connectivity index (χ0n) is 10.1. The van der Waals surface area contributed by atoms with Crippen LogP contribution in [0.4, 0.5) is 14.5 Å². The van der Waals surface area contributed by atoms with Crippen LogP contribution in [-0.4, -0.2) is 5.76 Å². The van der Waals surface area contributed by atoms with Gasteiger partial charge in [-0.05, 0) is 36.1 Å². The van der Waals surface area contributed by atoms with Gasteiger partial charge in [0, 0.05) is 16.6 Å². The summed E-state index contributed by atoms with van der Waals surface area (Å²) in [5.74, 6) is -2.42. The highest BCUT2D eigenvalue weighted by atomic mass is 35.5. The lowest BCUT2D eigenvalue weighted by atomic mass is 10.1. The van der Waals surface area contributed by atoms with Gasteiger partial charge in [-0.3, -0.25) is 0 Å². The van der Waals surface area contributed by atoms with Crippen molar-refractivity contribution in [3.8, 4) is 0 Å². The number of para-hydroxylation sites is 1. The fourth-order valence-electron chi connectivity index (χ4n) is 1.65. The average molecular weight is 320 g/mol. The predicted octanol–water partition coefficient (Wildman–Crippen LogP) is 5.89. The van der Waals surface area contributed by atoms with Gasteiger partial charge in [0.2, 0.25) is 0 Å². The van der Waals surface area contributed by atoms with Gasteiger partial charge in [0.15, 0.2) is 0 Å². The van der Waals surface area contributed by atoms with Crippen LogP contribution in [0.2, 0.25) is 4.34 Å². The lowest BCUT2D eigenvalue weighted by Crippen LogP contribution is -2.06. The third-order valence-corrected chi connectivity index (χ3v) is 4.46. The lowest BCUT2D eigenvalue weighted by Gasteiger charge is -2.17. The highest BCUT2D eigenvalue weighted by molar-refractivity contribution is 7.99. The van der Waals surface area contributed by atoms with Crippen LogP contribution in [0.1, 0.15) is 18.5 Å². The summed E-state index contributed by atoms with van der Waals surface area (Å²) in [4.78, 5) is 0.547. The van der Waals surface area contributed by atoms with Crippen molar-refractivity contribution in [3.63, 3.8) is 0 Å². The molecule has 0 spiro atoms. The molecule has 0 saturated heterocycles. The van der Waals surface area contributed by atoms with Gasteiger partial charge in [0.25, 0.3) is 5.76 Å². The average Bonchev–Trinajstić information content (AvgIpc) is 2.78. The van der Waals surface area contributed by atoms with Crippen LogP contribution in [0.25, 0.3) is 0 Å². The number of benzene rings is 1. The van der Waals surface area contributed by atoms with E-state index >= 15 is 0 Å². The van der Waals surface area contributed by atoms with Gasteiger partial charge < -0.3 is 5.32 Å². The summed E-state index contributed by atoms with van der Waals surface area (Å²) in [6, 6.07) is 8.96. The van der Waals surface area contributed by atoms with E-state index in [2.05, 4.69) is 5.32 Å². The second-order valence-electron chi connectivity index (χ2n) is 3.92. The summed E-state index contributed by atoms with van der Waals surface area (Å²) in [7, 11) is 0. The number of hydrogen-bond acceptors (Lipinski definition) is 3. The molecule has 1 atom stereocenters. The fraction of sp³-hybridized carbons (Fsp3) is 0.231. The summed E-state index contributed by atoms with van der Waals surface area (Å²) in [5.41, 5.74) is 1.76. The number of anilines is 1. The Kier molecular flexibility index (Phi) is 5.07. The van der Waals surface area contributed by atoms with Crippen molar-refractivity contribution >= 4 is 40.4 Å². The Morgan fingerprint density at radius 3 is 2.68 bits per heavy atom. The van der Waals surface area contributed by atoms with Crippen LogP contribution in [0.3, 0.4) is 0 Å². The zero-order chi connectivity index (χ0) is 13.8. The van der Waals surface area contributed by atoms with Gasteiger partial charge in [-0.2, -0.15) is 8.78 Å². The van der Waals surface area contributed by atoms with Crippen molar-refractivity contribution in [2.24, 2.45) is 0 Å². The van der Waals surface area contributed by atoms with Gasteiger partial charge in [-0.1, -0.05) is 35.5 Å². The van der Waals surface area contributed by atoms with Crippen LogP contribution in [0.5, 0.6) is 0 Å². The summed E-state index contributed by atoms with van der Waals surface area (Å²) in [5, 5.41) is 5.20. The number of alkyl halides is 2. The van der Waals surface area contributed by atoms with E-state index in [9.17, 15) is 8.78 Å². The maximum Gasteiger partial charge on any atom is 0.288 e. The van der Waals surface area contributed by atoms with E-state index in [1.165, 1.54) is 11.3 Å². The second kappa shape index (κ2) is 6.59. The molecule has 1 aromatic heterocycles. The van der Waals surface area contributed by atoms with E-state index in [4.69, 9.17) is 11.6 Å². The first kappa shape index (κ1) is 14.6. The Hall–Kier alpha value is -0.780. The normalized spacial score (nSPS) is 12.7.